The highest BCUT2D eigenvalue weighted by atomic mass is 14.7. The molecule has 0 bridgehead atoms. The molecule has 1 nitrogen and oxygen atoms in total. The second-order valence-corrected chi connectivity index (χ2v) is 5.90. The summed E-state index contributed by atoms with van der Waals surface area (Å²) in [6.45, 7) is 2.38. The van der Waals surface area contributed by atoms with Crippen molar-refractivity contribution in [1.82, 2.24) is 0 Å². The molecule has 0 aliphatic heterocycles. The van der Waals surface area contributed by atoms with Crippen LogP contribution in [-0.2, 0) is 6.42 Å². The molecule has 2 N–H and O–H groups in total. The van der Waals surface area contributed by atoms with Gasteiger partial charge in [0.1, 0.15) is 0 Å². The van der Waals surface area contributed by atoms with Gasteiger partial charge >= 0.3 is 0 Å². The van der Waals surface area contributed by atoms with E-state index in [0.29, 0.717) is 5.41 Å². The molecule has 0 unspecified atom stereocenters. The van der Waals surface area contributed by atoms with E-state index in [1.807, 2.05) is 0 Å². The van der Waals surface area contributed by atoms with Crippen molar-refractivity contribution in [2.45, 2.75) is 45.1 Å². The van der Waals surface area contributed by atoms with Crippen LogP contribution in [0.25, 0.3) is 0 Å². The molecular weight excluding hydrogens is 194 g/mol. The lowest BCUT2D eigenvalue weighted by molar-refractivity contribution is 0.134. The normalized spacial score (nSPS) is 37.6. The fourth-order valence-electron chi connectivity index (χ4n) is 3.64. The Kier molecular flexibility index (Phi) is 2.32. The Morgan fingerprint density at radius 3 is 2.56 bits per heavy atom. The molecule has 0 heterocycles. The fraction of sp³-hybridized carbons (Fsp3) is 0.600. The topological polar surface area (TPSA) is 26.0 Å². The third-order valence-electron chi connectivity index (χ3n) is 4.86. The molecule has 16 heavy (non-hydrogen) atoms. The SMILES string of the molecule is CC1CCC2(CC1)Cc1ccccc1[C@H]2N. The van der Waals surface area contributed by atoms with E-state index in [2.05, 4.69) is 31.2 Å². The van der Waals surface area contributed by atoms with Crippen LogP contribution in [0, 0.1) is 11.3 Å². The minimum atomic E-state index is 0.288. The van der Waals surface area contributed by atoms with E-state index in [0.717, 1.165) is 5.92 Å². The average molecular weight is 215 g/mol. The summed E-state index contributed by atoms with van der Waals surface area (Å²) < 4.78 is 0. The Morgan fingerprint density at radius 2 is 1.88 bits per heavy atom. The maximum atomic E-state index is 6.50. The maximum absolute atomic E-state index is 6.50. The molecule has 2 aliphatic rings. The minimum absolute atomic E-state index is 0.288. The molecule has 0 radical (unpaired) electrons. The summed E-state index contributed by atoms with van der Waals surface area (Å²) in [4.78, 5) is 0. The predicted octanol–water partition coefficient (Wildman–Crippen LogP) is 3.44. The molecule has 86 valence electrons. The first-order valence-corrected chi connectivity index (χ1v) is 6.55. The summed E-state index contributed by atoms with van der Waals surface area (Å²) in [7, 11) is 0. The molecule has 1 aromatic rings. The molecule has 1 spiro atoms. The van der Waals surface area contributed by atoms with Gasteiger partial charge in [0.05, 0.1) is 0 Å². The van der Waals surface area contributed by atoms with Gasteiger partial charge in [0.2, 0.25) is 0 Å². The highest BCUT2D eigenvalue weighted by Crippen LogP contribution is 2.53. The zero-order chi connectivity index (χ0) is 11.2. The first-order valence-electron chi connectivity index (χ1n) is 6.55. The van der Waals surface area contributed by atoms with Crippen molar-refractivity contribution in [2.24, 2.45) is 17.1 Å². The van der Waals surface area contributed by atoms with Crippen LogP contribution >= 0.6 is 0 Å². The first-order chi connectivity index (χ1) is 7.71. The van der Waals surface area contributed by atoms with Crippen LogP contribution in [0.2, 0.25) is 0 Å². The molecule has 1 saturated carbocycles. The van der Waals surface area contributed by atoms with E-state index in [4.69, 9.17) is 5.73 Å². The van der Waals surface area contributed by atoms with E-state index in [1.54, 1.807) is 0 Å². The largest absolute Gasteiger partial charge is 0.323 e. The molecule has 1 atom stereocenters. The summed E-state index contributed by atoms with van der Waals surface area (Å²) in [5.74, 6) is 0.904. The van der Waals surface area contributed by atoms with Gasteiger partial charge < -0.3 is 5.73 Å². The van der Waals surface area contributed by atoms with E-state index in [1.165, 1.54) is 43.2 Å². The van der Waals surface area contributed by atoms with Crippen LogP contribution < -0.4 is 5.73 Å². The van der Waals surface area contributed by atoms with Crippen LogP contribution in [0.5, 0.6) is 0 Å². The smallest absolute Gasteiger partial charge is 0.0358 e. The molecule has 2 aliphatic carbocycles. The van der Waals surface area contributed by atoms with Crippen molar-refractivity contribution in [3.8, 4) is 0 Å². The maximum Gasteiger partial charge on any atom is 0.0358 e. The van der Waals surface area contributed by atoms with E-state index >= 15 is 0 Å². The average Bonchev–Trinajstić information content (AvgIpc) is 2.58. The number of rotatable bonds is 0. The molecule has 0 saturated heterocycles. The standard InChI is InChI=1S/C15H21N/c1-11-6-8-15(9-7-11)10-12-4-2-3-5-13(12)14(15)16/h2-5,11,14H,6-10,16H2,1H3/t11?,14-,15?/m1/s1. The predicted molar refractivity (Wildman–Crippen MR) is 67.1 cm³/mol. The summed E-state index contributed by atoms with van der Waals surface area (Å²) in [5, 5.41) is 0. The van der Waals surface area contributed by atoms with Crippen molar-refractivity contribution >= 4 is 0 Å². The van der Waals surface area contributed by atoms with Crippen LogP contribution in [0.3, 0.4) is 0 Å². The van der Waals surface area contributed by atoms with Crippen LogP contribution in [0.4, 0.5) is 0 Å². The minimum Gasteiger partial charge on any atom is -0.323 e. The van der Waals surface area contributed by atoms with Crippen LogP contribution in [-0.4, -0.2) is 0 Å². The quantitative estimate of drug-likeness (QED) is 0.705. The third-order valence-corrected chi connectivity index (χ3v) is 4.86. The van der Waals surface area contributed by atoms with E-state index in [-0.39, 0.29) is 6.04 Å². The van der Waals surface area contributed by atoms with Crippen LogP contribution in [0.1, 0.15) is 49.8 Å². The number of hydrogen-bond acceptors (Lipinski definition) is 1. The van der Waals surface area contributed by atoms with Gasteiger partial charge in [-0.2, -0.15) is 0 Å². The molecule has 1 fully saturated rings. The van der Waals surface area contributed by atoms with Gasteiger partial charge in [-0.1, -0.05) is 44.0 Å². The Balaban J connectivity index is 1.91. The Morgan fingerprint density at radius 1 is 1.19 bits per heavy atom. The van der Waals surface area contributed by atoms with Crippen molar-refractivity contribution in [3.05, 3.63) is 35.4 Å². The molecule has 0 amide bonds. The van der Waals surface area contributed by atoms with Gasteiger partial charge in [-0.3, -0.25) is 0 Å². The van der Waals surface area contributed by atoms with Crippen molar-refractivity contribution in [1.29, 1.82) is 0 Å². The van der Waals surface area contributed by atoms with Crippen LogP contribution in [0.15, 0.2) is 24.3 Å². The van der Waals surface area contributed by atoms with Crippen molar-refractivity contribution in [3.63, 3.8) is 0 Å². The Bertz CT molecular complexity index is 388. The fourth-order valence-corrected chi connectivity index (χ4v) is 3.64. The molecule has 1 aromatic carbocycles. The lowest BCUT2D eigenvalue weighted by Crippen LogP contribution is -2.35. The highest BCUT2D eigenvalue weighted by molar-refractivity contribution is 5.38. The number of nitrogens with two attached hydrogens (primary N) is 1. The lowest BCUT2D eigenvalue weighted by atomic mass is 9.67. The summed E-state index contributed by atoms with van der Waals surface area (Å²) in [6.07, 6.45) is 6.59. The molecule has 0 aromatic heterocycles. The Hall–Kier alpha value is -0.820. The number of benzene rings is 1. The van der Waals surface area contributed by atoms with Crippen molar-refractivity contribution < 1.29 is 0 Å². The summed E-state index contributed by atoms with van der Waals surface area (Å²) in [6, 6.07) is 9.06. The van der Waals surface area contributed by atoms with Gasteiger partial charge in [-0.15, -0.1) is 0 Å². The summed E-state index contributed by atoms with van der Waals surface area (Å²) in [5.41, 5.74) is 9.82. The van der Waals surface area contributed by atoms with Gasteiger partial charge in [-0.25, -0.2) is 0 Å². The number of hydrogen-bond donors (Lipinski definition) is 1. The van der Waals surface area contributed by atoms with E-state index in [9.17, 15) is 0 Å². The highest BCUT2D eigenvalue weighted by Gasteiger charge is 2.45. The third kappa shape index (κ3) is 1.41. The van der Waals surface area contributed by atoms with Gasteiger partial charge in [0, 0.05) is 6.04 Å². The second-order valence-electron chi connectivity index (χ2n) is 5.90. The van der Waals surface area contributed by atoms with E-state index < -0.39 is 0 Å². The van der Waals surface area contributed by atoms with Gasteiger partial charge in [-0.05, 0) is 41.7 Å². The summed E-state index contributed by atoms with van der Waals surface area (Å²) >= 11 is 0. The molecule has 3 rings (SSSR count). The molecule has 1 heteroatoms. The Labute approximate surface area is 98.0 Å². The van der Waals surface area contributed by atoms with Crippen molar-refractivity contribution in [2.75, 3.05) is 0 Å². The first kappa shape index (κ1) is 10.3. The number of fused-ring (bicyclic) bond motifs is 1. The molecular formula is C15H21N. The van der Waals surface area contributed by atoms with Gasteiger partial charge in [0.15, 0.2) is 0 Å². The monoisotopic (exact) mass is 215 g/mol. The zero-order valence-corrected chi connectivity index (χ0v) is 10.1. The second kappa shape index (κ2) is 3.59. The van der Waals surface area contributed by atoms with Gasteiger partial charge in [0.25, 0.3) is 0 Å². The lowest BCUT2D eigenvalue weighted by Gasteiger charge is -2.39. The zero-order valence-electron chi connectivity index (χ0n) is 10.1.